The van der Waals surface area contributed by atoms with Crippen LogP contribution in [0.1, 0.15) is 23.9 Å². The first kappa shape index (κ1) is 15.7. The third-order valence-corrected chi connectivity index (χ3v) is 5.52. The molecule has 1 saturated heterocycles. The van der Waals surface area contributed by atoms with Gasteiger partial charge in [-0.2, -0.15) is 13.2 Å². The maximum atomic E-state index is 13.6. The molecule has 0 saturated carbocycles. The highest BCUT2D eigenvalue weighted by Crippen LogP contribution is 2.37. The van der Waals surface area contributed by atoms with Crippen LogP contribution in [0.2, 0.25) is 5.02 Å². The number of ether oxygens (including phenoxy) is 1. The summed E-state index contributed by atoms with van der Waals surface area (Å²) in [5.74, 6) is 0.442. The van der Waals surface area contributed by atoms with Crippen LogP contribution in [0.4, 0.5) is 18.9 Å². The summed E-state index contributed by atoms with van der Waals surface area (Å²) in [7, 11) is 0. The number of carbonyl (C=O) groups is 1. The first-order valence-corrected chi connectivity index (χ1v) is 9.17. The molecule has 1 aromatic carbocycles. The molecule has 0 radical (unpaired) electrons. The minimum absolute atomic E-state index is 0.00229. The molecule has 4 rings (SSSR count). The normalized spacial score (nSPS) is 24.0. The summed E-state index contributed by atoms with van der Waals surface area (Å²) >= 11 is 6.16. The molecule has 3 aliphatic rings. The standard InChI is InChI=1S/C19H19ClF3N3O2/c1-10(27)26-7-5-11(6-8-26)14-4-3-12-9-13(20)15-16(17(12)28-14)25(2)18(24-15)19(21,22)23/h3-4,9,11,18H,5-8H2,1-2H3/i2D3. The molecule has 28 heavy (non-hydrogen) atoms. The SMILES string of the molecule is [2H]C([2H])([2H])N1c2c3c(cc(Cl)c2=NC1C(F)(F)F)=CC=C(C1CCN(C(C)=O)CC1)O3. The summed E-state index contributed by atoms with van der Waals surface area (Å²) in [6.07, 6.45) is -2.88. The van der Waals surface area contributed by atoms with Gasteiger partial charge in [-0.15, -0.1) is 0 Å². The van der Waals surface area contributed by atoms with E-state index in [4.69, 9.17) is 20.5 Å². The van der Waals surface area contributed by atoms with E-state index in [2.05, 4.69) is 4.99 Å². The highest BCUT2D eigenvalue weighted by atomic mass is 35.5. The quantitative estimate of drug-likeness (QED) is 0.707. The highest BCUT2D eigenvalue weighted by Gasteiger charge is 2.47. The maximum Gasteiger partial charge on any atom is 0.429 e. The molecule has 0 N–H and O–H groups in total. The molecule has 1 aromatic rings. The Morgan fingerprint density at radius 3 is 2.68 bits per heavy atom. The minimum Gasteiger partial charge on any atom is -0.459 e. The molecule has 1 amide bonds. The second kappa shape index (κ2) is 6.69. The molecule has 1 fully saturated rings. The van der Waals surface area contributed by atoms with Crippen molar-refractivity contribution in [1.82, 2.24) is 4.90 Å². The lowest BCUT2D eigenvalue weighted by atomic mass is 9.93. The van der Waals surface area contributed by atoms with Crippen LogP contribution >= 0.6 is 11.6 Å². The highest BCUT2D eigenvalue weighted by molar-refractivity contribution is 6.30. The molecule has 3 heterocycles. The number of piperidine rings is 1. The zero-order valence-electron chi connectivity index (χ0n) is 17.9. The maximum absolute atomic E-state index is 13.6. The number of benzene rings is 1. The van der Waals surface area contributed by atoms with Gasteiger partial charge in [-0.05, 0) is 31.1 Å². The largest absolute Gasteiger partial charge is 0.459 e. The zero-order chi connectivity index (χ0) is 22.7. The molecular formula is C19H19ClF3N3O2. The molecule has 0 aromatic heterocycles. The van der Waals surface area contributed by atoms with Crippen molar-refractivity contribution in [3.05, 3.63) is 33.5 Å². The lowest BCUT2D eigenvalue weighted by Crippen LogP contribution is -2.40. The predicted molar refractivity (Wildman–Crippen MR) is 98.6 cm³/mol. The molecule has 1 unspecified atom stereocenters. The summed E-state index contributed by atoms with van der Waals surface area (Å²) in [4.78, 5) is 17.1. The fourth-order valence-corrected chi connectivity index (χ4v) is 4.00. The van der Waals surface area contributed by atoms with Crippen LogP contribution in [0.3, 0.4) is 0 Å². The zero-order valence-corrected chi connectivity index (χ0v) is 15.6. The number of amides is 1. The fourth-order valence-electron chi connectivity index (χ4n) is 3.75. The van der Waals surface area contributed by atoms with E-state index in [0.29, 0.717) is 36.9 Å². The van der Waals surface area contributed by atoms with Crippen LogP contribution in [0.5, 0.6) is 5.75 Å². The van der Waals surface area contributed by atoms with Gasteiger partial charge in [0.15, 0.2) is 5.75 Å². The second-order valence-electron chi connectivity index (χ2n) is 7.01. The Bertz CT molecular complexity index is 1080. The van der Waals surface area contributed by atoms with E-state index in [1.54, 1.807) is 17.1 Å². The Labute approximate surface area is 168 Å². The van der Waals surface area contributed by atoms with Crippen LogP contribution in [0.15, 0.2) is 22.9 Å². The van der Waals surface area contributed by atoms with Crippen LogP contribution in [0.25, 0.3) is 6.08 Å². The molecule has 9 heteroatoms. The van der Waals surface area contributed by atoms with Crippen LogP contribution < -0.4 is 20.2 Å². The van der Waals surface area contributed by atoms with Gasteiger partial charge in [0.2, 0.25) is 12.1 Å². The topological polar surface area (TPSA) is 45.1 Å². The Morgan fingerprint density at radius 2 is 2.07 bits per heavy atom. The van der Waals surface area contributed by atoms with Crippen LogP contribution in [0, 0.1) is 5.92 Å². The van der Waals surface area contributed by atoms with E-state index < -0.39 is 19.3 Å². The number of fused-ring (bicyclic) bond motifs is 3. The van der Waals surface area contributed by atoms with Crippen molar-refractivity contribution in [2.24, 2.45) is 10.9 Å². The number of hydrogen-bond acceptors (Lipinski definition) is 4. The van der Waals surface area contributed by atoms with E-state index in [1.807, 2.05) is 0 Å². The lowest BCUT2D eigenvalue weighted by Gasteiger charge is -2.33. The summed E-state index contributed by atoms with van der Waals surface area (Å²) < 4.78 is 70.0. The summed E-state index contributed by atoms with van der Waals surface area (Å²) in [6, 6.07) is 1.42. The van der Waals surface area contributed by atoms with Crippen LogP contribution in [-0.2, 0) is 4.79 Å². The first-order valence-electron chi connectivity index (χ1n) is 10.3. The van der Waals surface area contributed by atoms with Crippen molar-refractivity contribution in [2.45, 2.75) is 32.1 Å². The van der Waals surface area contributed by atoms with Gasteiger partial charge < -0.3 is 14.5 Å². The third kappa shape index (κ3) is 3.13. The summed E-state index contributed by atoms with van der Waals surface area (Å²) in [6.45, 7) is -0.541. The van der Waals surface area contributed by atoms with Crippen molar-refractivity contribution in [1.29, 1.82) is 0 Å². The van der Waals surface area contributed by atoms with Gasteiger partial charge in [0.05, 0.1) is 5.02 Å². The molecule has 5 nitrogen and oxygen atoms in total. The Hall–Kier alpha value is -2.22. The Kier molecular flexibility index (Phi) is 3.74. The molecule has 150 valence electrons. The lowest BCUT2D eigenvalue weighted by molar-refractivity contribution is -0.145. The van der Waals surface area contributed by atoms with Crippen molar-refractivity contribution >= 4 is 29.3 Å². The average molecular weight is 417 g/mol. The molecule has 1 atom stereocenters. The van der Waals surface area contributed by atoms with Gasteiger partial charge in [-0.3, -0.25) is 4.79 Å². The molecule has 0 spiro atoms. The first-order chi connectivity index (χ1) is 14.4. The number of hydrogen-bond donors (Lipinski definition) is 0. The Morgan fingerprint density at radius 1 is 1.36 bits per heavy atom. The van der Waals surface area contributed by atoms with E-state index in [0.717, 1.165) is 0 Å². The van der Waals surface area contributed by atoms with E-state index in [-0.39, 0.29) is 38.5 Å². The van der Waals surface area contributed by atoms with Crippen molar-refractivity contribution in [2.75, 3.05) is 25.0 Å². The number of rotatable bonds is 1. The van der Waals surface area contributed by atoms with E-state index in [9.17, 15) is 18.0 Å². The molecule has 0 bridgehead atoms. The summed E-state index contributed by atoms with van der Waals surface area (Å²) in [5.41, 5.74) is -0.284. The minimum atomic E-state index is -4.92. The number of alkyl halides is 3. The van der Waals surface area contributed by atoms with Gasteiger partial charge in [0, 0.05) is 42.2 Å². The monoisotopic (exact) mass is 416 g/mol. The van der Waals surface area contributed by atoms with Gasteiger partial charge >= 0.3 is 6.18 Å². The van der Waals surface area contributed by atoms with Gasteiger partial charge in [0.1, 0.15) is 16.8 Å². The van der Waals surface area contributed by atoms with E-state index in [1.165, 1.54) is 13.0 Å². The molecular weight excluding hydrogens is 395 g/mol. The molecule has 0 aliphatic carbocycles. The predicted octanol–water partition coefficient (Wildman–Crippen LogP) is 2.61. The number of likely N-dealkylation sites (tertiary alicyclic amines) is 1. The average Bonchev–Trinajstić information content (AvgIpc) is 3.10. The number of nitrogens with zero attached hydrogens (tertiary/aromatic N) is 3. The van der Waals surface area contributed by atoms with Gasteiger partial charge in [-0.25, -0.2) is 4.99 Å². The van der Waals surface area contributed by atoms with Crippen molar-refractivity contribution in [3.63, 3.8) is 0 Å². The van der Waals surface area contributed by atoms with Crippen molar-refractivity contribution in [3.8, 4) is 5.75 Å². The van der Waals surface area contributed by atoms with Gasteiger partial charge in [0.25, 0.3) is 0 Å². The number of carbonyl (C=O) groups excluding carboxylic acids is 1. The third-order valence-electron chi connectivity index (χ3n) is 5.23. The Balaban J connectivity index is 1.74. The number of anilines is 1. The van der Waals surface area contributed by atoms with Gasteiger partial charge in [-0.1, -0.05) is 11.6 Å². The summed E-state index contributed by atoms with van der Waals surface area (Å²) in [5, 5.41) is 0.0436. The number of allylic oxidation sites excluding steroid dienone is 2. The van der Waals surface area contributed by atoms with Crippen LogP contribution in [-0.4, -0.2) is 43.2 Å². The number of halogens is 4. The second-order valence-corrected chi connectivity index (χ2v) is 7.41. The fraction of sp³-hybridized carbons (Fsp3) is 0.474. The molecule has 3 aliphatic heterocycles. The van der Waals surface area contributed by atoms with E-state index >= 15 is 0 Å². The smallest absolute Gasteiger partial charge is 0.429 e. The van der Waals surface area contributed by atoms with Crippen molar-refractivity contribution < 1.29 is 26.8 Å².